The smallest absolute Gasteiger partial charge is 0.255 e. The number of hydrogen-bond acceptors (Lipinski definition) is 4. The first kappa shape index (κ1) is 23.7. The van der Waals surface area contributed by atoms with E-state index in [1.54, 1.807) is 36.4 Å². The van der Waals surface area contributed by atoms with Crippen molar-refractivity contribution in [2.45, 2.75) is 25.0 Å². The first-order valence-electron chi connectivity index (χ1n) is 10.7. The van der Waals surface area contributed by atoms with Gasteiger partial charge in [0, 0.05) is 43.4 Å². The zero-order valence-electron chi connectivity index (χ0n) is 18.4. The van der Waals surface area contributed by atoms with Gasteiger partial charge in [0.25, 0.3) is 5.56 Å². The molecule has 7 nitrogen and oxygen atoms in total. The van der Waals surface area contributed by atoms with E-state index >= 15 is 0 Å². The lowest BCUT2D eigenvalue weighted by molar-refractivity contribution is -0.136. The lowest BCUT2D eigenvalue weighted by atomic mass is 10.1. The summed E-state index contributed by atoms with van der Waals surface area (Å²) in [5.74, 6) is -1.43. The number of rotatable bonds is 6. The van der Waals surface area contributed by atoms with Crippen LogP contribution in [0.1, 0.15) is 12.0 Å². The van der Waals surface area contributed by atoms with E-state index in [-0.39, 0.29) is 36.2 Å². The highest BCUT2D eigenvalue weighted by Gasteiger charge is 2.39. The zero-order chi connectivity index (χ0) is 24.2. The van der Waals surface area contributed by atoms with Gasteiger partial charge < -0.3 is 15.0 Å². The summed E-state index contributed by atoms with van der Waals surface area (Å²) in [5.41, 5.74) is 0.766. The molecule has 34 heavy (non-hydrogen) atoms. The molecule has 1 aromatic heterocycles. The molecule has 4 rings (SSSR count). The highest BCUT2D eigenvalue weighted by atomic mass is 35.5. The van der Waals surface area contributed by atoms with E-state index in [1.807, 2.05) is 0 Å². The van der Waals surface area contributed by atoms with E-state index in [1.165, 1.54) is 47.0 Å². The van der Waals surface area contributed by atoms with E-state index in [0.717, 1.165) is 5.56 Å². The number of benzene rings is 2. The van der Waals surface area contributed by atoms with Crippen molar-refractivity contribution in [3.63, 3.8) is 0 Å². The van der Waals surface area contributed by atoms with Crippen molar-refractivity contribution in [2.24, 2.45) is 0 Å². The second kappa shape index (κ2) is 10.2. The molecule has 0 unspecified atom stereocenters. The highest BCUT2D eigenvalue weighted by Crippen LogP contribution is 2.25. The van der Waals surface area contributed by atoms with E-state index in [2.05, 4.69) is 5.32 Å². The van der Waals surface area contributed by atoms with Crippen LogP contribution in [0.2, 0.25) is 5.02 Å². The Balaban J connectivity index is 1.50. The molecule has 0 bridgehead atoms. The van der Waals surface area contributed by atoms with Gasteiger partial charge in [-0.15, -0.1) is 0 Å². The Morgan fingerprint density at radius 3 is 2.59 bits per heavy atom. The second-order valence-corrected chi connectivity index (χ2v) is 8.46. The lowest BCUT2D eigenvalue weighted by Gasteiger charge is -2.24. The average molecular weight is 484 g/mol. The van der Waals surface area contributed by atoms with Crippen LogP contribution in [0.15, 0.2) is 71.7 Å². The van der Waals surface area contributed by atoms with E-state index in [4.69, 9.17) is 16.3 Å². The van der Waals surface area contributed by atoms with Crippen molar-refractivity contribution in [1.82, 2.24) is 9.47 Å². The van der Waals surface area contributed by atoms with Gasteiger partial charge in [-0.25, -0.2) is 4.39 Å². The van der Waals surface area contributed by atoms with Gasteiger partial charge in [-0.2, -0.15) is 0 Å². The number of amides is 2. The predicted molar refractivity (Wildman–Crippen MR) is 127 cm³/mol. The summed E-state index contributed by atoms with van der Waals surface area (Å²) in [6.07, 6.45) is 1.63. The first-order chi connectivity index (χ1) is 16.4. The van der Waals surface area contributed by atoms with Crippen LogP contribution in [0.4, 0.5) is 10.1 Å². The maximum Gasteiger partial charge on any atom is 0.255 e. The Morgan fingerprint density at radius 1 is 1.15 bits per heavy atom. The number of ether oxygens (including phenoxy) is 1. The van der Waals surface area contributed by atoms with E-state index < -0.39 is 17.8 Å². The molecule has 1 aliphatic rings. The van der Waals surface area contributed by atoms with Gasteiger partial charge in [-0.3, -0.25) is 19.0 Å². The summed E-state index contributed by atoms with van der Waals surface area (Å²) in [6, 6.07) is 14.8. The number of carbonyl (C=O) groups excluding carboxylic acids is 2. The molecule has 2 aromatic carbocycles. The molecule has 0 radical (unpaired) electrons. The Kier molecular flexibility index (Phi) is 7.09. The molecule has 9 heteroatoms. The minimum absolute atomic E-state index is 0.0382. The van der Waals surface area contributed by atoms with Crippen molar-refractivity contribution < 1.29 is 18.7 Å². The molecule has 1 fully saturated rings. The van der Waals surface area contributed by atoms with Crippen LogP contribution in [-0.2, 0) is 20.7 Å². The molecular weight excluding hydrogens is 461 g/mol. The monoisotopic (exact) mass is 483 g/mol. The Morgan fingerprint density at radius 2 is 1.91 bits per heavy atom. The maximum absolute atomic E-state index is 14.8. The van der Waals surface area contributed by atoms with Crippen molar-refractivity contribution in [1.29, 1.82) is 0 Å². The summed E-state index contributed by atoms with van der Waals surface area (Å²) in [7, 11) is 1.52. The molecular formula is C25H23ClFN3O4. The number of methoxy groups -OCH3 is 1. The van der Waals surface area contributed by atoms with Crippen molar-refractivity contribution in [3.8, 4) is 5.69 Å². The van der Waals surface area contributed by atoms with Crippen LogP contribution >= 0.6 is 11.6 Å². The van der Waals surface area contributed by atoms with Crippen LogP contribution < -0.4 is 10.9 Å². The molecule has 1 N–H and O–H groups in total. The minimum atomic E-state index is -0.805. The lowest BCUT2D eigenvalue weighted by Crippen LogP contribution is -2.44. The fourth-order valence-corrected chi connectivity index (χ4v) is 4.11. The van der Waals surface area contributed by atoms with Crippen LogP contribution in [-0.4, -0.2) is 47.1 Å². The van der Waals surface area contributed by atoms with Gasteiger partial charge in [0.15, 0.2) is 0 Å². The largest absolute Gasteiger partial charge is 0.380 e. The third-order valence-corrected chi connectivity index (χ3v) is 6.05. The predicted octanol–water partition coefficient (Wildman–Crippen LogP) is 3.43. The molecule has 1 saturated heterocycles. The zero-order valence-corrected chi connectivity index (χ0v) is 19.2. The van der Waals surface area contributed by atoms with Gasteiger partial charge in [0.05, 0.1) is 23.9 Å². The van der Waals surface area contributed by atoms with Gasteiger partial charge in [0.1, 0.15) is 11.9 Å². The number of aromatic nitrogens is 1. The van der Waals surface area contributed by atoms with E-state index in [0.29, 0.717) is 17.1 Å². The Hall–Kier alpha value is -3.49. The summed E-state index contributed by atoms with van der Waals surface area (Å²) < 4.78 is 21.5. The highest BCUT2D eigenvalue weighted by molar-refractivity contribution is 6.30. The first-order valence-corrected chi connectivity index (χ1v) is 11.1. The standard InChI is InChI=1S/C25H23ClFN3O4/c1-34-19-14-22(30(15-19)24(32)12-16-5-7-17(26)8-6-16)25(33)28-21-10-9-18(13-20(21)27)29-11-3-2-4-23(29)31/h2-11,13,19,22H,12,14-15H2,1H3,(H,28,33)/t19-,22-/m1/s1. The van der Waals surface area contributed by atoms with Crippen LogP contribution in [0.5, 0.6) is 0 Å². The van der Waals surface area contributed by atoms with Crippen LogP contribution in [0, 0.1) is 5.82 Å². The number of likely N-dealkylation sites (tertiary alicyclic amines) is 1. The molecule has 0 aliphatic carbocycles. The fraction of sp³-hybridized carbons (Fsp3) is 0.240. The SMILES string of the molecule is CO[C@@H]1C[C@H](C(=O)Nc2ccc(-n3ccccc3=O)cc2F)N(C(=O)Cc2ccc(Cl)cc2)C1. The molecule has 0 saturated carbocycles. The number of nitrogens with zero attached hydrogens (tertiary/aromatic N) is 2. The molecule has 2 heterocycles. The third kappa shape index (κ3) is 5.18. The number of anilines is 1. The van der Waals surface area contributed by atoms with Crippen molar-refractivity contribution >= 4 is 29.1 Å². The number of nitrogens with one attached hydrogen (secondary N) is 1. The van der Waals surface area contributed by atoms with Gasteiger partial charge in [-0.1, -0.05) is 29.8 Å². The van der Waals surface area contributed by atoms with Gasteiger partial charge in [-0.05, 0) is 35.9 Å². The number of halogens is 2. The summed E-state index contributed by atoms with van der Waals surface area (Å²) in [5, 5.41) is 3.15. The third-order valence-electron chi connectivity index (χ3n) is 5.80. The molecule has 3 aromatic rings. The summed E-state index contributed by atoms with van der Waals surface area (Å²) in [6.45, 7) is 0.263. The summed E-state index contributed by atoms with van der Waals surface area (Å²) in [4.78, 5) is 39.5. The molecule has 2 amide bonds. The molecule has 1 aliphatic heterocycles. The molecule has 2 atom stereocenters. The maximum atomic E-state index is 14.8. The van der Waals surface area contributed by atoms with E-state index in [9.17, 15) is 18.8 Å². The fourth-order valence-electron chi connectivity index (χ4n) is 3.98. The molecule has 176 valence electrons. The van der Waals surface area contributed by atoms with Crippen molar-refractivity contribution in [2.75, 3.05) is 19.0 Å². The number of pyridine rings is 1. The number of carbonyl (C=O) groups is 2. The van der Waals surface area contributed by atoms with Crippen LogP contribution in [0.25, 0.3) is 5.69 Å². The topological polar surface area (TPSA) is 80.6 Å². The second-order valence-electron chi connectivity index (χ2n) is 8.02. The van der Waals surface area contributed by atoms with Gasteiger partial charge >= 0.3 is 0 Å². The van der Waals surface area contributed by atoms with Crippen LogP contribution in [0.3, 0.4) is 0 Å². The minimum Gasteiger partial charge on any atom is -0.380 e. The number of hydrogen-bond donors (Lipinski definition) is 1. The molecule has 0 spiro atoms. The quantitative estimate of drug-likeness (QED) is 0.582. The normalized spacial score (nSPS) is 17.6. The van der Waals surface area contributed by atoms with Gasteiger partial charge in [0.2, 0.25) is 11.8 Å². The summed E-state index contributed by atoms with van der Waals surface area (Å²) >= 11 is 5.91. The Labute approximate surface area is 200 Å². The van der Waals surface area contributed by atoms with Crippen molar-refractivity contribution in [3.05, 3.63) is 93.6 Å². The average Bonchev–Trinajstić information content (AvgIpc) is 3.27. The Bertz CT molecular complexity index is 1260.